The lowest BCUT2D eigenvalue weighted by atomic mass is 10.0. The number of carbonyl (C=O) groups excluding carboxylic acids is 2. The first-order chi connectivity index (χ1) is 25.3. The zero-order chi connectivity index (χ0) is 38.9. The van der Waals surface area contributed by atoms with Crippen molar-refractivity contribution in [2.45, 2.75) is 215 Å². The molecule has 2 unspecified atom stereocenters. The summed E-state index contributed by atoms with van der Waals surface area (Å²) in [4.78, 5) is 29.4. The minimum Gasteiger partial charge on any atom is -0.464 e. The predicted molar refractivity (Wildman–Crippen MR) is 223 cm³/mol. The van der Waals surface area contributed by atoms with Gasteiger partial charge in [0, 0.05) is 44.6 Å². The summed E-state index contributed by atoms with van der Waals surface area (Å²) >= 11 is 0. The molecule has 0 aromatic heterocycles. The van der Waals surface area contributed by atoms with E-state index < -0.39 is 0 Å². The second-order valence-electron chi connectivity index (χ2n) is 15.1. The summed E-state index contributed by atoms with van der Waals surface area (Å²) in [6, 6.07) is 0.651. The van der Waals surface area contributed by atoms with Gasteiger partial charge < -0.3 is 19.9 Å². The maximum atomic E-state index is 12.4. The van der Waals surface area contributed by atoms with Gasteiger partial charge in [-0.1, -0.05) is 131 Å². The lowest BCUT2D eigenvalue weighted by Crippen LogP contribution is -2.42. The highest BCUT2D eigenvalue weighted by molar-refractivity contribution is 5.69. The van der Waals surface area contributed by atoms with Crippen LogP contribution in [0.25, 0.3) is 0 Å². The van der Waals surface area contributed by atoms with Crippen LogP contribution in [0.2, 0.25) is 0 Å². The summed E-state index contributed by atoms with van der Waals surface area (Å²) in [5.41, 5.74) is 0. The number of hydrogen-bond acceptors (Lipinski definition) is 8. The molecule has 2 atom stereocenters. The van der Waals surface area contributed by atoms with Crippen molar-refractivity contribution in [1.29, 1.82) is 0 Å². The highest BCUT2D eigenvalue weighted by Crippen LogP contribution is 2.17. The first-order valence-electron chi connectivity index (χ1n) is 22.4. The van der Waals surface area contributed by atoms with Gasteiger partial charge in [-0.15, -0.1) is 0 Å². The Kier molecular flexibility index (Phi) is 43.2. The van der Waals surface area contributed by atoms with E-state index in [0.29, 0.717) is 44.7 Å². The molecule has 0 radical (unpaired) electrons. The Balaban J connectivity index is 0. The standard InChI is InChI=1S/C38H77N3O5.C6H14/c1-6-9-12-19-26-39-27-33-45-37(43)24-17-15-22-35(4)41(30-32-42)36(5)23-16-18-25-38(44)46-34-31-40(28-20-13-10-7-2)29-21-14-11-8-3;1-3-5-6-4-2/h35-36,39,42H,6-34H2,1-5H3;3-6H2,1-2H3. The Morgan fingerprint density at radius 3 is 1.42 bits per heavy atom. The number of esters is 2. The van der Waals surface area contributed by atoms with Gasteiger partial charge in [0.25, 0.3) is 0 Å². The van der Waals surface area contributed by atoms with Gasteiger partial charge in [-0.05, 0) is 78.4 Å². The third kappa shape index (κ3) is 37.1. The zero-order valence-corrected chi connectivity index (χ0v) is 36.0. The summed E-state index contributed by atoms with van der Waals surface area (Å²) in [6.45, 7) is 22.1. The molecule has 0 bridgehead atoms. The molecule has 0 aliphatic heterocycles. The molecule has 0 fully saturated rings. The molecule has 0 rings (SSSR count). The third-order valence-corrected chi connectivity index (χ3v) is 10.0. The number of nitrogens with zero attached hydrogens (tertiary/aromatic N) is 2. The molecule has 312 valence electrons. The van der Waals surface area contributed by atoms with Crippen LogP contribution in [0, 0.1) is 0 Å². The van der Waals surface area contributed by atoms with E-state index in [1.807, 2.05) is 0 Å². The quantitative estimate of drug-likeness (QED) is 0.0477. The highest BCUT2D eigenvalue weighted by Gasteiger charge is 2.20. The van der Waals surface area contributed by atoms with Crippen molar-refractivity contribution in [3.63, 3.8) is 0 Å². The largest absolute Gasteiger partial charge is 0.464 e. The fourth-order valence-electron chi connectivity index (χ4n) is 6.57. The molecule has 0 heterocycles. The van der Waals surface area contributed by atoms with Crippen LogP contribution in [0.1, 0.15) is 203 Å². The van der Waals surface area contributed by atoms with Crippen LogP contribution < -0.4 is 5.32 Å². The SMILES string of the molecule is CCCCCC.CCCCCCNCCOC(=O)CCCCC(C)N(CCO)C(C)CCCCC(=O)OCCN(CCCCCC)CCCCCC. The number of ether oxygens (including phenoxy) is 2. The molecule has 0 spiro atoms. The van der Waals surface area contributed by atoms with Crippen molar-refractivity contribution in [1.82, 2.24) is 15.1 Å². The molecule has 0 aromatic rings. The second kappa shape index (κ2) is 42.5. The van der Waals surface area contributed by atoms with Crippen LogP contribution >= 0.6 is 0 Å². The van der Waals surface area contributed by atoms with Crippen molar-refractivity contribution in [3.8, 4) is 0 Å². The average molecular weight is 742 g/mol. The number of hydrogen-bond donors (Lipinski definition) is 2. The minimum atomic E-state index is -0.110. The fourth-order valence-corrected chi connectivity index (χ4v) is 6.57. The van der Waals surface area contributed by atoms with Crippen molar-refractivity contribution < 1.29 is 24.2 Å². The number of unbranched alkanes of at least 4 members (excludes halogenated alkanes) is 14. The number of aliphatic hydroxyl groups excluding tert-OH is 1. The maximum Gasteiger partial charge on any atom is 0.305 e. The summed E-state index contributed by atoms with van der Waals surface area (Å²) in [7, 11) is 0. The lowest BCUT2D eigenvalue weighted by molar-refractivity contribution is -0.144. The molecule has 0 aliphatic rings. The van der Waals surface area contributed by atoms with E-state index in [0.717, 1.165) is 71.2 Å². The molecule has 8 nitrogen and oxygen atoms in total. The van der Waals surface area contributed by atoms with E-state index in [1.54, 1.807) is 0 Å². The Morgan fingerprint density at radius 2 is 0.962 bits per heavy atom. The predicted octanol–water partition coefficient (Wildman–Crippen LogP) is 10.5. The summed E-state index contributed by atoms with van der Waals surface area (Å²) in [5, 5.41) is 13.0. The van der Waals surface area contributed by atoms with Gasteiger partial charge in [0.05, 0.1) is 6.61 Å². The van der Waals surface area contributed by atoms with E-state index >= 15 is 0 Å². The molecule has 0 amide bonds. The summed E-state index contributed by atoms with van der Waals surface area (Å²) < 4.78 is 11.0. The van der Waals surface area contributed by atoms with Crippen molar-refractivity contribution >= 4 is 11.9 Å². The van der Waals surface area contributed by atoms with Crippen molar-refractivity contribution in [2.24, 2.45) is 0 Å². The van der Waals surface area contributed by atoms with E-state index in [9.17, 15) is 14.7 Å². The molecule has 2 N–H and O–H groups in total. The van der Waals surface area contributed by atoms with Crippen LogP contribution in [0.4, 0.5) is 0 Å². The topological polar surface area (TPSA) is 91.3 Å². The molecular formula is C44H91N3O5. The first kappa shape index (κ1) is 52.9. The Morgan fingerprint density at radius 1 is 0.519 bits per heavy atom. The van der Waals surface area contributed by atoms with Gasteiger partial charge in [0.2, 0.25) is 0 Å². The van der Waals surface area contributed by atoms with Gasteiger partial charge in [-0.2, -0.15) is 0 Å². The molecule has 0 saturated heterocycles. The molecule has 0 aliphatic carbocycles. The number of aliphatic hydroxyl groups is 1. The number of nitrogens with one attached hydrogen (secondary N) is 1. The third-order valence-electron chi connectivity index (χ3n) is 10.0. The first-order valence-corrected chi connectivity index (χ1v) is 22.4. The van der Waals surface area contributed by atoms with E-state index in [2.05, 4.69) is 63.6 Å². The van der Waals surface area contributed by atoms with Gasteiger partial charge in [0.15, 0.2) is 0 Å². The fraction of sp³-hybridized carbons (Fsp3) is 0.955. The summed E-state index contributed by atoms with van der Waals surface area (Å²) in [6.07, 6.45) is 27.1. The van der Waals surface area contributed by atoms with Crippen LogP contribution in [0.15, 0.2) is 0 Å². The van der Waals surface area contributed by atoms with E-state index in [4.69, 9.17) is 9.47 Å². The molecule has 0 saturated carbocycles. The Hall–Kier alpha value is -1.22. The monoisotopic (exact) mass is 742 g/mol. The highest BCUT2D eigenvalue weighted by atomic mass is 16.5. The van der Waals surface area contributed by atoms with Gasteiger partial charge >= 0.3 is 11.9 Å². The molecule has 52 heavy (non-hydrogen) atoms. The van der Waals surface area contributed by atoms with Crippen molar-refractivity contribution in [2.75, 3.05) is 59.1 Å². The average Bonchev–Trinajstić information content (AvgIpc) is 3.14. The molecule has 0 aromatic carbocycles. The second-order valence-corrected chi connectivity index (χ2v) is 15.1. The smallest absolute Gasteiger partial charge is 0.305 e. The van der Waals surface area contributed by atoms with E-state index in [1.165, 1.54) is 103 Å². The number of carbonyl (C=O) groups is 2. The normalized spacial score (nSPS) is 12.5. The van der Waals surface area contributed by atoms with Crippen LogP contribution in [-0.2, 0) is 19.1 Å². The van der Waals surface area contributed by atoms with Crippen LogP contribution in [0.5, 0.6) is 0 Å². The Labute approximate surface area is 324 Å². The minimum absolute atomic E-state index is 0.0812. The van der Waals surface area contributed by atoms with E-state index in [-0.39, 0.29) is 18.5 Å². The Bertz CT molecular complexity index is 725. The number of rotatable bonds is 38. The lowest BCUT2D eigenvalue weighted by Gasteiger charge is -2.34. The van der Waals surface area contributed by atoms with Gasteiger partial charge in [0.1, 0.15) is 13.2 Å². The van der Waals surface area contributed by atoms with Crippen molar-refractivity contribution in [3.05, 3.63) is 0 Å². The molecule has 8 heteroatoms. The zero-order valence-electron chi connectivity index (χ0n) is 36.0. The van der Waals surface area contributed by atoms with Gasteiger partial charge in [-0.3, -0.25) is 19.4 Å². The van der Waals surface area contributed by atoms with Crippen LogP contribution in [-0.4, -0.2) is 98.0 Å². The van der Waals surface area contributed by atoms with Crippen LogP contribution in [0.3, 0.4) is 0 Å². The van der Waals surface area contributed by atoms with Gasteiger partial charge in [-0.25, -0.2) is 0 Å². The maximum absolute atomic E-state index is 12.4. The molecular weight excluding hydrogens is 650 g/mol. The summed E-state index contributed by atoms with van der Waals surface area (Å²) in [5.74, 6) is -0.191.